The maximum absolute atomic E-state index is 13.9. The minimum absolute atomic E-state index is 0.0842. The van der Waals surface area contributed by atoms with Gasteiger partial charge in [-0.2, -0.15) is 18.3 Å². The molecule has 2 saturated heterocycles. The van der Waals surface area contributed by atoms with Crippen LogP contribution >= 0.6 is 0 Å². The maximum atomic E-state index is 13.9. The number of hydrogen-bond donors (Lipinski definition) is 3. The van der Waals surface area contributed by atoms with Gasteiger partial charge in [-0.15, -0.1) is 0 Å². The highest BCUT2D eigenvalue weighted by Gasteiger charge is 2.43. The van der Waals surface area contributed by atoms with Gasteiger partial charge in [-0.1, -0.05) is 13.0 Å². The lowest BCUT2D eigenvalue weighted by atomic mass is 10.1. The quantitative estimate of drug-likeness (QED) is 0.263. The monoisotopic (exact) mass is 582 g/mol. The number of likely N-dealkylation sites (tertiary alicyclic amines) is 1. The molecule has 3 aromatic rings. The summed E-state index contributed by atoms with van der Waals surface area (Å²) in [6.45, 7) is 8.33. The standard InChI is InChI=1S/C30H37F3N8O/c1-5-8-39-15-25-13-24(39)16-40(25)23-11-21(30(31,32)33)10-22(12-23)37-29(42)20-7-6-18(2)28(9-20)41(35)17-27(34)26-14-36-38(4)19(26)3/h6-7,9-12,14,17,24-25H,5,8,13,15-16,34-35H2,1-4H3,(H,37,42)/b27-17-. The first-order valence-corrected chi connectivity index (χ1v) is 14.0. The van der Waals surface area contributed by atoms with E-state index >= 15 is 0 Å². The first-order valence-electron chi connectivity index (χ1n) is 14.0. The summed E-state index contributed by atoms with van der Waals surface area (Å²) in [6, 6.07) is 9.18. The van der Waals surface area contributed by atoms with Crippen LogP contribution < -0.4 is 26.8 Å². The lowest BCUT2D eigenvalue weighted by Gasteiger charge is -2.36. The third-order valence-corrected chi connectivity index (χ3v) is 8.27. The van der Waals surface area contributed by atoms with Gasteiger partial charge in [0.1, 0.15) is 0 Å². The normalized spacial score (nSPS) is 19.0. The van der Waals surface area contributed by atoms with Gasteiger partial charge < -0.3 is 16.0 Å². The van der Waals surface area contributed by atoms with Crippen LogP contribution in [0.4, 0.5) is 30.2 Å². The molecule has 0 aliphatic carbocycles. The molecule has 3 heterocycles. The van der Waals surface area contributed by atoms with Crippen molar-refractivity contribution in [2.75, 3.05) is 34.9 Å². The number of hydrogen-bond acceptors (Lipinski definition) is 7. The van der Waals surface area contributed by atoms with Gasteiger partial charge in [0.25, 0.3) is 5.91 Å². The van der Waals surface area contributed by atoms with Crippen molar-refractivity contribution in [1.29, 1.82) is 0 Å². The van der Waals surface area contributed by atoms with Gasteiger partial charge in [-0.3, -0.25) is 19.4 Å². The Labute approximate surface area is 243 Å². The Morgan fingerprint density at radius 3 is 2.55 bits per heavy atom. The maximum Gasteiger partial charge on any atom is 0.416 e. The van der Waals surface area contributed by atoms with Crippen molar-refractivity contribution in [3.05, 3.63) is 76.7 Å². The zero-order valence-corrected chi connectivity index (χ0v) is 24.2. The van der Waals surface area contributed by atoms with E-state index in [1.807, 2.05) is 25.8 Å². The number of anilines is 3. The molecule has 0 radical (unpaired) electrons. The zero-order valence-electron chi connectivity index (χ0n) is 24.2. The van der Waals surface area contributed by atoms with E-state index in [0.717, 1.165) is 48.8 Å². The largest absolute Gasteiger partial charge is 0.416 e. The Morgan fingerprint density at radius 2 is 1.93 bits per heavy atom. The van der Waals surface area contributed by atoms with E-state index in [1.54, 1.807) is 41.3 Å². The van der Waals surface area contributed by atoms with Crippen molar-refractivity contribution >= 4 is 28.7 Å². The number of nitrogens with zero attached hydrogens (tertiary/aromatic N) is 5. The fraction of sp³-hybridized carbons (Fsp3) is 0.400. The lowest BCUT2D eigenvalue weighted by molar-refractivity contribution is -0.137. The van der Waals surface area contributed by atoms with Crippen molar-refractivity contribution < 1.29 is 18.0 Å². The SMILES string of the molecule is CCCN1CC2CC1CN2c1cc(NC(=O)c2ccc(C)c(N(N)/C=C(\N)c3cnn(C)c3C)c2)cc(C(F)(F)F)c1. The van der Waals surface area contributed by atoms with Gasteiger partial charge in [-0.05, 0) is 69.1 Å². The predicted octanol–water partition coefficient (Wildman–Crippen LogP) is 4.62. The summed E-state index contributed by atoms with van der Waals surface area (Å²) in [6.07, 6.45) is 0.596. The van der Waals surface area contributed by atoms with E-state index in [2.05, 4.69) is 22.2 Å². The number of aryl methyl sites for hydroxylation is 2. The topological polar surface area (TPSA) is 109 Å². The number of carbonyl (C=O) groups excluding carboxylic acids is 1. The molecule has 0 saturated carbocycles. The molecule has 12 heteroatoms. The van der Waals surface area contributed by atoms with Gasteiger partial charge >= 0.3 is 6.18 Å². The minimum Gasteiger partial charge on any atom is -0.397 e. The van der Waals surface area contributed by atoms with E-state index in [9.17, 15) is 18.0 Å². The van der Waals surface area contributed by atoms with Crippen LogP contribution in [0, 0.1) is 13.8 Å². The predicted molar refractivity (Wildman–Crippen MR) is 159 cm³/mol. The average molecular weight is 583 g/mol. The Balaban J connectivity index is 1.38. The number of nitrogens with one attached hydrogen (secondary N) is 1. The van der Waals surface area contributed by atoms with Crippen molar-refractivity contribution in [3.8, 4) is 0 Å². The number of fused-ring (bicyclic) bond motifs is 2. The number of rotatable bonds is 8. The molecule has 42 heavy (non-hydrogen) atoms. The average Bonchev–Trinajstić information content (AvgIpc) is 3.63. The number of hydrazine groups is 1. The molecule has 0 spiro atoms. The lowest BCUT2D eigenvalue weighted by Crippen LogP contribution is -2.46. The van der Waals surface area contributed by atoms with Gasteiger partial charge in [0.2, 0.25) is 0 Å². The summed E-state index contributed by atoms with van der Waals surface area (Å²) in [5.41, 5.74) is 9.53. The van der Waals surface area contributed by atoms with Gasteiger partial charge in [0.05, 0.1) is 23.1 Å². The second-order valence-electron chi connectivity index (χ2n) is 11.2. The number of carbonyl (C=O) groups is 1. The highest BCUT2D eigenvalue weighted by Crippen LogP contribution is 2.39. The Kier molecular flexibility index (Phi) is 7.95. The molecule has 2 fully saturated rings. The van der Waals surface area contributed by atoms with E-state index in [1.165, 1.54) is 11.1 Å². The minimum atomic E-state index is -4.56. The Bertz CT molecular complexity index is 1510. The van der Waals surface area contributed by atoms with Crippen LogP contribution in [-0.2, 0) is 13.2 Å². The molecule has 224 valence electrons. The summed E-state index contributed by atoms with van der Waals surface area (Å²) in [4.78, 5) is 17.8. The summed E-state index contributed by atoms with van der Waals surface area (Å²) in [5.74, 6) is 5.76. The van der Waals surface area contributed by atoms with E-state index in [4.69, 9.17) is 11.6 Å². The van der Waals surface area contributed by atoms with Gasteiger partial charge in [0.15, 0.2) is 0 Å². The third kappa shape index (κ3) is 5.82. The van der Waals surface area contributed by atoms with Crippen LogP contribution in [0.25, 0.3) is 5.70 Å². The summed E-state index contributed by atoms with van der Waals surface area (Å²) in [5, 5.41) is 8.20. The molecule has 5 rings (SSSR count). The summed E-state index contributed by atoms with van der Waals surface area (Å²) >= 11 is 0. The summed E-state index contributed by atoms with van der Waals surface area (Å²) in [7, 11) is 1.81. The van der Waals surface area contributed by atoms with Crippen LogP contribution in [0.5, 0.6) is 0 Å². The smallest absolute Gasteiger partial charge is 0.397 e. The molecule has 2 aliphatic rings. The van der Waals surface area contributed by atoms with Gasteiger partial charge in [-0.25, -0.2) is 5.84 Å². The zero-order chi connectivity index (χ0) is 30.3. The molecule has 9 nitrogen and oxygen atoms in total. The molecule has 5 N–H and O–H groups in total. The first kappa shape index (κ1) is 29.5. The number of benzene rings is 2. The van der Waals surface area contributed by atoms with Crippen molar-refractivity contribution in [3.63, 3.8) is 0 Å². The Hall–Kier alpha value is -4.03. The molecule has 2 bridgehead atoms. The van der Waals surface area contributed by atoms with Crippen LogP contribution in [0.1, 0.15) is 52.5 Å². The van der Waals surface area contributed by atoms with Gasteiger partial charge in [0, 0.05) is 66.6 Å². The van der Waals surface area contributed by atoms with Crippen LogP contribution in [0.15, 0.2) is 48.8 Å². The number of aromatic nitrogens is 2. The highest BCUT2D eigenvalue weighted by molar-refractivity contribution is 6.05. The first-order chi connectivity index (χ1) is 19.8. The molecular weight excluding hydrogens is 545 g/mol. The number of amides is 1. The molecule has 1 amide bonds. The molecule has 2 unspecified atom stereocenters. The third-order valence-electron chi connectivity index (χ3n) is 8.27. The molecule has 2 atom stereocenters. The molecule has 1 aromatic heterocycles. The molecule has 2 aromatic carbocycles. The number of piperazine rings is 1. The molecule has 2 aliphatic heterocycles. The van der Waals surface area contributed by atoms with Crippen LogP contribution in [0.2, 0.25) is 0 Å². The highest BCUT2D eigenvalue weighted by atomic mass is 19.4. The van der Waals surface area contributed by atoms with E-state index in [0.29, 0.717) is 29.7 Å². The summed E-state index contributed by atoms with van der Waals surface area (Å²) < 4.78 is 43.4. The Morgan fingerprint density at radius 1 is 1.17 bits per heavy atom. The van der Waals surface area contributed by atoms with Crippen LogP contribution in [-0.4, -0.2) is 52.3 Å². The second-order valence-corrected chi connectivity index (χ2v) is 11.2. The van der Waals surface area contributed by atoms with Crippen molar-refractivity contribution in [2.24, 2.45) is 18.6 Å². The molecular formula is C30H37F3N8O. The number of alkyl halides is 3. The number of nitrogens with two attached hydrogens (primary N) is 2. The second kappa shape index (κ2) is 11.3. The van der Waals surface area contributed by atoms with Crippen molar-refractivity contribution in [2.45, 2.75) is 51.9 Å². The fourth-order valence-electron chi connectivity index (χ4n) is 5.94. The fourth-order valence-corrected chi connectivity index (χ4v) is 5.94. The van der Waals surface area contributed by atoms with Crippen molar-refractivity contribution in [1.82, 2.24) is 14.7 Å². The van der Waals surface area contributed by atoms with E-state index in [-0.39, 0.29) is 17.3 Å². The number of halogens is 3. The van der Waals surface area contributed by atoms with E-state index < -0.39 is 17.6 Å². The van der Waals surface area contributed by atoms with Crippen LogP contribution in [0.3, 0.4) is 0 Å².